The summed E-state index contributed by atoms with van der Waals surface area (Å²) in [4.78, 5) is 29.7. The molecule has 2 heterocycles. The minimum absolute atomic E-state index is 0.108. The first kappa shape index (κ1) is 24.0. The highest BCUT2D eigenvalue weighted by Crippen LogP contribution is 2.35. The number of benzene rings is 3. The molecule has 5 rings (SSSR count). The van der Waals surface area contributed by atoms with Crippen LogP contribution in [0.5, 0.6) is 0 Å². The fourth-order valence-electron chi connectivity index (χ4n) is 4.65. The number of anilines is 1. The van der Waals surface area contributed by atoms with Crippen LogP contribution in [-0.4, -0.2) is 61.0 Å². The highest BCUT2D eigenvalue weighted by molar-refractivity contribution is 5.99. The lowest BCUT2D eigenvalue weighted by Gasteiger charge is -2.27. The van der Waals surface area contributed by atoms with Gasteiger partial charge in [0.05, 0.1) is 13.2 Å². The number of hydrogen-bond donors (Lipinski definition) is 2. The third-order valence-electron chi connectivity index (χ3n) is 6.57. The Hall–Kier alpha value is -3.75. The number of rotatable bonds is 8. The number of carbonyl (C=O) groups excluding carboxylic acids is 2. The Morgan fingerprint density at radius 1 is 1.00 bits per heavy atom. The fraction of sp³-hybridized carbons (Fsp3) is 0.286. The van der Waals surface area contributed by atoms with Gasteiger partial charge in [-0.1, -0.05) is 30.3 Å². The second-order valence-electron chi connectivity index (χ2n) is 8.98. The number of nitrogens with zero attached hydrogens (tertiary/aromatic N) is 2. The Morgan fingerprint density at radius 3 is 2.56 bits per heavy atom. The van der Waals surface area contributed by atoms with E-state index in [1.165, 1.54) is 12.1 Å². The van der Waals surface area contributed by atoms with Gasteiger partial charge >= 0.3 is 0 Å². The van der Waals surface area contributed by atoms with Crippen LogP contribution >= 0.6 is 0 Å². The van der Waals surface area contributed by atoms with Crippen LogP contribution in [0.15, 0.2) is 72.8 Å². The van der Waals surface area contributed by atoms with Crippen molar-refractivity contribution >= 4 is 17.5 Å². The molecule has 8 heteroatoms. The maximum Gasteiger partial charge on any atom is 0.256 e. The van der Waals surface area contributed by atoms with Crippen molar-refractivity contribution in [2.75, 3.05) is 44.7 Å². The maximum atomic E-state index is 13.8. The van der Waals surface area contributed by atoms with Gasteiger partial charge in [-0.15, -0.1) is 0 Å². The monoisotopic (exact) mass is 488 g/mol. The van der Waals surface area contributed by atoms with Crippen LogP contribution in [0.3, 0.4) is 0 Å². The number of nitrogens with one attached hydrogen (secondary N) is 2. The minimum Gasteiger partial charge on any atom is -0.379 e. The third-order valence-corrected chi connectivity index (χ3v) is 6.57. The first-order valence-corrected chi connectivity index (χ1v) is 12.2. The molecule has 1 unspecified atom stereocenters. The molecule has 0 saturated carbocycles. The summed E-state index contributed by atoms with van der Waals surface area (Å²) in [7, 11) is 0. The summed E-state index contributed by atoms with van der Waals surface area (Å²) in [5, 5.41) is 6.40. The number of fused-ring (bicyclic) bond motifs is 1. The smallest absolute Gasteiger partial charge is 0.256 e. The predicted octanol–water partition coefficient (Wildman–Crippen LogP) is 3.65. The van der Waals surface area contributed by atoms with Crippen molar-refractivity contribution < 1.29 is 18.7 Å². The standard InChI is InChI=1S/C28H29FN4O3/c29-22-5-3-4-20(18-22)19-33-26(24-6-1-2-7-25(24)28(33)35)31-23-10-8-21(9-11-23)27(34)30-12-13-32-14-16-36-17-15-32/h1-11,18,26,31H,12-17,19H2,(H,30,34). The summed E-state index contributed by atoms with van der Waals surface area (Å²) in [6.07, 6.45) is -0.412. The molecule has 0 aromatic heterocycles. The van der Waals surface area contributed by atoms with Crippen LogP contribution in [0, 0.1) is 5.82 Å². The Kier molecular flexibility index (Phi) is 7.25. The van der Waals surface area contributed by atoms with Gasteiger partial charge in [-0.2, -0.15) is 0 Å². The number of halogens is 1. The van der Waals surface area contributed by atoms with Crippen LogP contribution in [0.4, 0.5) is 10.1 Å². The van der Waals surface area contributed by atoms with Gasteiger partial charge < -0.3 is 20.3 Å². The van der Waals surface area contributed by atoms with Gasteiger partial charge in [0.15, 0.2) is 0 Å². The lowest BCUT2D eigenvalue weighted by Crippen LogP contribution is -2.41. The van der Waals surface area contributed by atoms with Crippen LogP contribution in [0.2, 0.25) is 0 Å². The van der Waals surface area contributed by atoms with Gasteiger partial charge in [0.2, 0.25) is 0 Å². The summed E-state index contributed by atoms with van der Waals surface area (Å²) < 4.78 is 19.1. The summed E-state index contributed by atoms with van der Waals surface area (Å²) in [5.41, 5.74) is 3.55. The van der Waals surface area contributed by atoms with Crippen molar-refractivity contribution in [3.63, 3.8) is 0 Å². The van der Waals surface area contributed by atoms with E-state index in [0.29, 0.717) is 23.2 Å². The zero-order valence-electron chi connectivity index (χ0n) is 20.0. The fourth-order valence-corrected chi connectivity index (χ4v) is 4.65. The SMILES string of the molecule is O=C(NCCN1CCOCC1)c1ccc(NC2c3ccccc3C(=O)N2Cc2cccc(F)c2)cc1. The number of ether oxygens (including phenoxy) is 1. The van der Waals surface area contributed by atoms with Crippen LogP contribution in [0.25, 0.3) is 0 Å². The summed E-state index contributed by atoms with van der Waals surface area (Å²) >= 11 is 0. The predicted molar refractivity (Wildman–Crippen MR) is 135 cm³/mol. The molecular formula is C28H29FN4O3. The van der Waals surface area contributed by atoms with Gasteiger partial charge in [0, 0.05) is 55.1 Å². The van der Waals surface area contributed by atoms with Crippen molar-refractivity contribution in [2.24, 2.45) is 0 Å². The Labute approximate surface area is 209 Å². The van der Waals surface area contributed by atoms with Gasteiger partial charge in [-0.3, -0.25) is 14.5 Å². The number of amides is 2. The zero-order chi connectivity index (χ0) is 24.9. The molecule has 2 amide bonds. The molecule has 1 atom stereocenters. The van der Waals surface area contributed by atoms with Crippen molar-refractivity contribution in [3.05, 3.63) is 101 Å². The molecule has 2 aliphatic rings. The normalized spacial score (nSPS) is 17.6. The molecule has 0 radical (unpaired) electrons. The van der Waals surface area contributed by atoms with E-state index >= 15 is 0 Å². The van der Waals surface area contributed by atoms with Crippen molar-refractivity contribution in [2.45, 2.75) is 12.7 Å². The van der Waals surface area contributed by atoms with E-state index in [0.717, 1.165) is 44.1 Å². The molecule has 2 N–H and O–H groups in total. The van der Waals surface area contributed by atoms with Crippen molar-refractivity contribution in [3.8, 4) is 0 Å². The first-order chi connectivity index (χ1) is 17.6. The molecule has 3 aromatic rings. The summed E-state index contributed by atoms with van der Waals surface area (Å²) in [6.45, 7) is 4.89. The van der Waals surface area contributed by atoms with E-state index in [1.54, 1.807) is 23.1 Å². The molecule has 0 spiro atoms. The van der Waals surface area contributed by atoms with E-state index in [4.69, 9.17) is 4.74 Å². The second kappa shape index (κ2) is 10.9. The van der Waals surface area contributed by atoms with Gasteiger partial charge in [-0.25, -0.2) is 4.39 Å². The average Bonchev–Trinajstić information content (AvgIpc) is 3.16. The molecule has 0 bridgehead atoms. The highest BCUT2D eigenvalue weighted by atomic mass is 19.1. The second-order valence-corrected chi connectivity index (χ2v) is 8.98. The Balaban J connectivity index is 1.25. The Bertz CT molecular complexity index is 1230. The summed E-state index contributed by atoms with van der Waals surface area (Å²) in [5.74, 6) is -0.562. The summed E-state index contributed by atoms with van der Waals surface area (Å²) in [6, 6.07) is 21.0. The van der Waals surface area contributed by atoms with Crippen LogP contribution in [-0.2, 0) is 11.3 Å². The van der Waals surface area contributed by atoms with Gasteiger partial charge in [0.1, 0.15) is 12.0 Å². The molecular weight excluding hydrogens is 459 g/mol. The lowest BCUT2D eigenvalue weighted by atomic mass is 10.1. The minimum atomic E-state index is -0.412. The lowest BCUT2D eigenvalue weighted by molar-refractivity contribution is 0.0383. The molecule has 2 aliphatic heterocycles. The van der Waals surface area contributed by atoms with E-state index in [2.05, 4.69) is 15.5 Å². The molecule has 3 aromatic carbocycles. The zero-order valence-corrected chi connectivity index (χ0v) is 20.0. The largest absolute Gasteiger partial charge is 0.379 e. The molecule has 1 saturated heterocycles. The third kappa shape index (κ3) is 5.40. The first-order valence-electron chi connectivity index (χ1n) is 12.2. The van der Waals surface area contributed by atoms with Crippen molar-refractivity contribution in [1.82, 2.24) is 15.1 Å². The quantitative estimate of drug-likeness (QED) is 0.506. The Morgan fingerprint density at radius 2 is 1.78 bits per heavy atom. The average molecular weight is 489 g/mol. The van der Waals surface area contributed by atoms with E-state index in [-0.39, 0.29) is 24.2 Å². The van der Waals surface area contributed by atoms with E-state index < -0.39 is 6.17 Å². The van der Waals surface area contributed by atoms with Gasteiger partial charge in [0.25, 0.3) is 11.8 Å². The molecule has 7 nitrogen and oxygen atoms in total. The molecule has 1 fully saturated rings. The topological polar surface area (TPSA) is 73.9 Å². The number of morpholine rings is 1. The number of carbonyl (C=O) groups is 2. The van der Waals surface area contributed by atoms with E-state index in [1.807, 2.05) is 42.5 Å². The highest BCUT2D eigenvalue weighted by Gasteiger charge is 2.36. The van der Waals surface area contributed by atoms with Crippen molar-refractivity contribution in [1.29, 1.82) is 0 Å². The molecule has 0 aliphatic carbocycles. The van der Waals surface area contributed by atoms with E-state index in [9.17, 15) is 14.0 Å². The van der Waals surface area contributed by atoms with Crippen LogP contribution in [0.1, 0.15) is 38.0 Å². The van der Waals surface area contributed by atoms with Gasteiger partial charge in [-0.05, 0) is 48.0 Å². The maximum absolute atomic E-state index is 13.8. The molecule has 36 heavy (non-hydrogen) atoms. The van der Waals surface area contributed by atoms with Crippen LogP contribution < -0.4 is 10.6 Å². The number of hydrogen-bond acceptors (Lipinski definition) is 5. The molecule has 186 valence electrons.